The number of aromatic nitrogens is 2. The van der Waals surface area contributed by atoms with Crippen LogP contribution in [0.2, 0.25) is 0 Å². The van der Waals surface area contributed by atoms with Crippen LogP contribution >= 0.6 is 0 Å². The lowest BCUT2D eigenvalue weighted by Gasteiger charge is -2.23. The van der Waals surface area contributed by atoms with Gasteiger partial charge in [0.15, 0.2) is 0 Å². The average molecular weight is 408 g/mol. The van der Waals surface area contributed by atoms with Gasteiger partial charge >= 0.3 is 0 Å². The van der Waals surface area contributed by atoms with E-state index in [1.54, 1.807) is 24.1 Å². The molecule has 1 aromatic carbocycles. The largest absolute Gasteiger partial charge is 0.388 e. The van der Waals surface area contributed by atoms with Gasteiger partial charge in [-0.2, -0.15) is 5.10 Å². The average Bonchev–Trinajstić information content (AvgIpc) is 3.12. The van der Waals surface area contributed by atoms with Crippen LogP contribution in [0.25, 0.3) is 0 Å². The minimum absolute atomic E-state index is 0.0508. The summed E-state index contributed by atoms with van der Waals surface area (Å²) in [5, 5.41) is 10.8. The maximum Gasteiger partial charge on any atom is 0.222 e. The van der Waals surface area contributed by atoms with E-state index in [0.29, 0.717) is 5.96 Å². The van der Waals surface area contributed by atoms with Gasteiger partial charge in [-0.25, -0.2) is 4.99 Å². The fourth-order valence-electron chi connectivity index (χ4n) is 3.03. The number of hydrogen-bond acceptors (Lipinski definition) is 4. The van der Waals surface area contributed by atoms with Crippen LogP contribution in [0.4, 0.5) is 11.4 Å². The van der Waals surface area contributed by atoms with Gasteiger partial charge in [-0.1, -0.05) is 32.9 Å². The molecule has 30 heavy (non-hydrogen) atoms. The van der Waals surface area contributed by atoms with Crippen molar-refractivity contribution in [1.82, 2.24) is 9.78 Å². The van der Waals surface area contributed by atoms with E-state index in [-0.39, 0.29) is 5.41 Å². The molecule has 0 saturated carbocycles. The lowest BCUT2D eigenvalue weighted by Crippen LogP contribution is -2.18. The zero-order valence-electron chi connectivity index (χ0n) is 19.3. The van der Waals surface area contributed by atoms with Gasteiger partial charge in [0.2, 0.25) is 5.96 Å². The van der Waals surface area contributed by atoms with Crippen LogP contribution in [0.5, 0.6) is 0 Å². The van der Waals surface area contributed by atoms with Crippen molar-refractivity contribution < 1.29 is 0 Å². The van der Waals surface area contributed by atoms with Gasteiger partial charge < -0.3 is 10.6 Å². The lowest BCUT2D eigenvalue weighted by molar-refractivity contribution is 0.592. The molecule has 0 spiro atoms. The van der Waals surface area contributed by atoms with Gasteiger partial charge in [0.1, 0.15) is 0 Å². The van der Waals surface area contributed by atoms with Crippen molar-refractivity contribution in [3.63, 3.8) is 0 Å². The molecule has 7 nitrogen and oxygen atoms in total. The van der Waals surface area contributed by atoms with Gasteiger partial charge in [-0.05, 0) is 37.0 Å². The minimum Gasteiger partial charge on any atom is -0.388 e. The van der Waals surface area contributed by atoms with E-state index in [1.807, 2.05) is 46.3 Å². The summed E-state index contributed by atoms with van der Waals surface area (Å²) in [5.74, 6) is 0.509. The van der Waals surface area contributed by atoms with E-state index in [2.05, 4.69) is 63.6 Å². The molecule has 1 aromatic heterocycles. The lowest BCUT2D eigenvalue weighted by atomic mass is 9.85. The Bertz CT molecular complexity index is 985. The molecule has 1 heterocycles. The number of nitrogens with zero attached hydrogens (tertiary/aromatic N) is 5. The van der Waals surface area contributed by atoms with Crippen LogP contribution in [0, 0.1) is 0 Å². The van der Waals surface area contributed by atoms with E-state index >= 15 is 0 Å². The van der Waals surface area contributed by atoms with E-state index in [0.717, 1.165) is 28.4 Å². The number of allylic oxidation sites excluding steroid dienone is 1. The highest BCUT2D eigenvalue weighted by Gasteiger charge is 2.18. The number of aliphatic imine (C=N–C) groups is 3. The maximum absolute atomic E-state index is 4.69. The van der Waals surface area contributed by atoms with Crippen LogP contribution in [-0.4, -0.2) is 41.3 Å². The zero-order chi connectivity index (χ0) is 22.3. The van der Waals surface area contributed by atoms with Crippen molar-refractivity contribution in [2.24, 2.45) is 22.0 Å². The summed E-state index contributed by atoms with van der Waals surface area (Å²) in [4.78, 5) is 13.5. The molecule has 2 N–H and O–H groups in total. The third-order valence-corrected chi connectivity index (χ3v) is 4.51. The van der Waals surface area contributed by atoms with Crippen LogP contribution in [0.15, 0.2) is 57.8 Å². The Labute approximate surface area is 179 Å². The SMILES string of the molecule is C/C=C\N=C(C(C)=NC(=NC)Nc1ccc(C(C)(C)C)c(NC)c1)c1cnn(C)c1. The first-order valence-corrected chi connectivity index (χ1v) is 9.99. The van der Waals surface area contributed by atoms with Crippen molar-refractivity contribution in [3.05, 3.63) is 54.0 Å². The van der Waals surface area contributed by atoms with Gasteiger partial charge in [-0.3, -0.25) is 14.7 Å². The number of nitrogens with one attached hydrogen (secondary N) is 2. The number of hydrogen-bond donors (Lipinski definition) is 2. The van der Waals surface area contributed by atoms with Gasteiger partial charge in [-0.15, -0.1) is 0 Å². The number of rotatable bonds is 5. The Morgan fingerprint density at radius 1 is 1.23 bits per heavy atom. The van der Waals surface area contributed by atoms with Gasteiger partial charge in [0.05, 0.1) is 17.6 Å². The molecule has 0 aliphatic carbocycles. The first kappa shape index (κ1) is 23.1. The van der Waals surface area contributed by atoms with E-state index < -0.39 is 0 Å². The second kappa shape index (κ2) is 10.0. The molecule has 0 unspecified atom stereocenters. The standard InChI is InChI=1S/C23H33N7/c1-9-12-26-21(17-14-27-30(8)15-17)16(2)28-22(25-7)29-18-10-11-19(23(3,4)5)20(13-18)24-6/h9-15,24H,1-8H3,(H,25,29)/b12-9-,26-21?,28-16?. The summed E-state index contributed by atoms with van der Waals surface area (Å²) >= 11 is 0. The van der Waals surface area contributed by atoms with E-state index in [9.17, 15) is 0 Å². The highest BCUT2D eigenvalue weighted by molar-refractivity contribution is 6.49. The maximum atomic E-state index is 4.69. The van der Waals surface area contributed by atoms with Crippen molar-refractivity contribution in [1.29, 1.82) is 0 Å². The number of anilines is 2. The molecule has 0 bridgehead atoms. The Kier molecular flexibility index (Phi) is 7.69. The summed E-state index contributed by atoms with van der Waals surface area (Å²) in [6.07, 6.45) is 7.33. The minimum atomic E-state index is 0.0508. The molecule has 7 heteroatoms. The van der Waals surface area contributed by atoms with E-state index in [1.165, 1.54) is 5.56 Å². The Hall–Kier alpha value is -3.22. The fourth-order valence-corrected chi connectivity index (χ4v) is 3.03. The Balaban J connectivity index is 2.34. The van der Waals surface area contributed by atoms with E-state index in [4.69, 9.17) is 0 Å². The summed E-state index contributed by atoms with van der Waals surface area (Å²) < 4.78 is 1.75. The molecular weight excluding hydrogens is 374 g/mol. The predicted molar refractivity (Wildman–Crippen MR) is 129 cm³/mol. The van der Waals surface area contributed by atoms with Crippen LogP contribution in [0.1, 0.15) is 45.7 Å². The predicted octanol–water partition coefficient (Wildman–Crippen LogP) is 4.64. The van der Waals surface area contributed by atoms with Crippen LogP contribution < -0.4 is 10.6 Å². The van der Waals surface area contributed by atoms with Gasteiger partial charge in [0, 0.05) is 50.5 Å². The van der Waals surface area contributed by atoms with Crippen molar-refractivity contribution in [2.75, 3.05) is 24.7 Å². The normalized spacial score (nSPS) is 13.8. The summed E-state index contributed by atoms with van der Waals surface area (Å²) in [5.41, 5.74) is 5.70. The molecule has 0 aliphatic rings. The molecular formula is C23H33N7. The molecule has 0 radical (unpaired) electrons. The molecule has 0 atom stereocenters. The van der Waals surface area contributed by atoms with Crippen molar-refractivity contribution in [3.8, 4) is 0 Å². The molecule has 2 aromatic rings. The zero-order valence-corrected chi connectivity index (χ0v) is 19.3. The quantitative estimate of drug-likeness (QED) is 0.560. The van der Waals surface area contributed by atoms with Crippen LogP contribution in [-0.2, 0) is 12.5 Å². The highest BCUT2D eigenvalue weighted by Crippen LogP contribution is 2.31. The molecule has 0 aliphatic heterocycles. The summed E-state index contributed by atoms with van der Waals surface area (Å²) in [7, 11) is 5.53. The third kappa shape index (κ3) is 5.89. The fraction of sp³-hybridized carbons (Fsp3) is 0.391. The number of aryl methyl sites for hydroxylation is 1. The molecule has 160 valence electrons. The first-order chi connectivity index (χ1) is 14.2. The summed E-state index contributed by atoms with van der Waals surface area (Å²) in [6, 6.07) is 6.26. The topological polar surface area (TPSA) is 79.0 Å². The smallest absolute Gasteiger partial charge is 0.222 e. The second-order valence-electron chi connectivity index (χ2n) is 7.99. The third-order valence-electron chi connectivity index (χ3n) is 4.51. The van der Waals surface area contributed by atoms with Crippen molar-refractivity contribution in [2.45, 2.75) is 40.0 Å². The van der Waals surface area contributed by atoms with Crippen LogP contribution in [0.3, 0.4) is 0 Å². The Morgan fingerprint density at radius 3 is 2.50 bits per heavy atom. The second-order valence-corrected chi connectivity index (χ2v) is 7.99. The molecule has 2 rings (SSSR count). The highest BCUT2D eigenvalue weighted by atomic mass is 15.2. The number of guanidine groups is 1. The molecule has 0 saturated heterocycles. The first-order valence-electron chi connectivity index (χ1n) is 9.99. The monoisotopic (exact) mass is 407 g/mol. The molecule has 0 amide bonds. The van der Waals surface area contributed by atoms with Gasteiger partial charge in [0.25, 0.3) is 0 Å². The number of benzene rings is 1. The summed E-state index contributed by atoms with van der Waals surface area (Å²) in [6.45, 7) is 10.5. The Morgan fingerprint density at radius 2 is 1.97 bits per heavy atom. The van der Waals surface area contributed by atoms with Crippen molar-refractivity contribution >= 4 is 28.8 Å². The molecule has 0 fully saturated rings.